The first kappa shape index (κ1) is 22.1. The highest BCUT2D eigenvalue weighted by Gasteiger charge is 2.06. The van der Waals surface area contributed by atoms with E-state index in [1.165, 1.54) is 0 Å². The van der Waals surface area contributed by atoms with Gasteiger partial charge in [-0.3, -0.25) is 4.99 Å². The van der Waals surface area contributed by atoms with Gasteiger partial charge in [-0.15, -0.1) is 24.0 Å². The fourth-order valence-electron chi connectivity index (χ4n) is 2.04. The lowest BCUT2D eigenvalue weighted by Gasteiger charge is -2.24. The summed E-state index contributed by atoms with van der Waals surface area (Å²) in [4.78, 5) is 6.50. The Hall–Kier alpha value is -0.890. The lowest BCUT2D eigenvalue weighted by Crippen LogP contribution is -2.42. The molecule has 1 aromatic carbocycles. The minimum Gasteiger partial charge on any atom is -0.355 e. The summed E-state index contributed by atoms with van der Waals surface area (Å²) in [6.07, 6.45) is 1.14. The molecular formula is C17H30FIN4. The number of nitrogens with one attached hydrogen (secondary N) is 2. The number of benzene rings is 1. The summed E-state index contributed by atoms with van der Waals surface area (Å²) in [6, 6.07) is 5.86. The van der Waals surface area contributed by atoms with Gasteiger partial charge in [-0.25, -0.2) is 4.39 Å². The van der Waals surface area contributed by atoms with Gasteiger partial charge < -0.3 is 15.5 Å². The number of rotatable bonds is 7. The van der Waals surface area contributed by atoms with Crippen LogP contribution < -0.4 is 10.6 Å². The number of likely N-dealkylation sites (N-methyl/N-ethyl adjacent to an activating group) is 1. The highest BCUT2D eigenvalue weighted by Crippen LogP contribution is 2.08. The molecule has 0 aliphatic carbocycles. The first-order chi connectivity index (χ1) is 10.5. The Labute approximate surface area is 157 Å². The quantitative estimate of drug-likeness (QED) is 0.392. The number of halogens is 2. The topological polar surface area (TPSA) is 39.7 Å². The van der Waals surface area contributed by atoms with Gasteiger partial charge >= 0.3 is 0 Å². The zero-order valence-electron chi connectivity index (χ0n) is 14.8. The molecule has 0 amide bonds. The molecule has 23 heavy (non-hydrogen) atoms. The van der Waals surface area contributed by atoms with E-state index in [9.17, 15) is 4.39 Å². The lowest BCUT2D eigenvalue weighted by atomic mass is 10.1. The molecule has 1 aromatic rings. The summed E-state index contributed by atoms with van der Waals surface area (Å²) >= 11 is 0. The fourth-order valence-corrected chi connectivity index (χ4v) is 2.04. The van der Waals surface area contributed by atoms with Crippen LogP contribution in [-0.4, -0.2) is 44.1 Å². The molecule has 0 fully saturated rings. The monoisotopic (exact) mass is 436 g/mol. The molecule has 1 atom stereocenters. The minimum atomic E-state index is -0.169. The van der Waals surface area contributed by atoms with Crippen molar-refractivity contribution in [3.63, 3.8) is 0 Å². The molecule has 4 nitrogen and oxygen atoms in total. The third-order valence-electron chi connectivity index (χ3n) is 4.02. The van der Waals surface area contributed by atoms with Crippen LogP contribution in [0.3, 0.4) is 0 Å². The molecule has 1 unspecified atom stereocenters. The van der Waals surface area contributed by atoms with Crippen molar-refractivity contribution in [2.75, 3.05) is 27.2 Å². The Bertz CT molecular complexity index is 493. The minimum absolute atomic E-state index is 0. The average Bonchev–Trinajstić information content (AvgIpc) is 2.52. The summed E-state index contributed by atoms with van der Waals surface area (Å²) in [7, 11) is 3.87. The normalized spacial score (nSPS) is 12.7. The molecule has 0 radical (unpaired) electrons. The molecule has 0 aliphatic rings. The number of aliphatic imine (C=N–C) groups is 1. The number of aryl methyl sites for hydroxylation is 1. The van der Waals surface area contributed by atoms with Crippen LogP contribution in [0.1, 0.15) is 31.4 Å². The van der Waals surface area contributed by atoms with Crippen molar-refractivity contribution < 1.29 is 4.39 Å². The van der Waals surface area contributed by atoms with Crippen molar-refractivity contribution in [1.82, 2.24) is 15.5 Å². The van der Waals surface area contributed by atoms with Crippen LogP contribution in [0.15, 0.2) is 23.2 Å². The molecule has 6 heteroatoms. The molecule has 0 aliphatic heterocycles. The zero-order chi connectivity index (χ0) is 16.5. The molecule has 0 heterocycles. The third kappa shape index (κ3) is 7.97. The van der Waals surface area contributed by atoms with Crippen molar-refractivity contribution in [2.45, 2.75) is 39.8 Å². The standard InChI is InChI=1S/C17H29FN4.HI/c1-6-14(3)22(5)10-9-20-17(19-4)21-12-15-8-7-13(2)16(18)11-15;/h7-8,11,14H,6,9-10,12H2,1-5H3,(H2,19,20,21);1H. The summed E-state index contributed by atoms with van der Waals surface area (Å²) in [5, 5.41) is 6.48. The van der Waals surface area contributed by atoms with Crippen molar-refractivity contribution >= 4 is 29.9 Å². The Morgan fingerprint density at radius 3 is 2.61 bits per heavy atom. The van der Waals surface area contributed by atoms with E-state index < -0.39 is 0 Å². The van der Waals surface area contributed by atoms with Crippen LogP contribution in [0.2, 0.25) is 0 Å². The first-order valence-electron chi connectivity index (χ1n) is 7.87. The molecule has 0 spiro atoms. The first-order valence-corrected chi connectivity index (χ1v) is 7.87. The van der Waals surface area contributed by atoms with Crippen LogP contribution in [-0.2, 0) is 6.54 Å². The average molecular weight is 436 g/mol. The van der Waals surface area contributed by atoms with Crippen LogP contribution in [0, 0.1) is 12.7 Å². The van der Waals surface area contributed by atoms with E-state index in [1.54, 1.807) is 26.1 Å². The number of hydrogen-bond acceptors (Lipinski definition) is 2. The van der Waals surface area contributed by atoms with Crippen LogP contribution in [0.5, 0.6) is 0 Å². The van der Waals surface area contributed by atoms with E-state index in [4.69, 9.17) is 0 Å². The highest BCUT2D eigenvalue weighted by molar-refractivity contribution is 14.0. The lowest BCUT2D eigenvalue weighted by molar-refractivity contribution is 0.255. The van der Waals surface area contributed by atoms with Crippen molar-refractivity contribution in [2.24, 2.45) is 4.99 Å². The van der Waals surface area contributed by atoms with Gasteiger partial charge in [-0.1, -0.05) is 19.1 Å². The van der Waals surface area contributed by atoms with E-state index in [2.05, 4.69) is 41.4 Å². The Balaban J connectivity index is 0.00000484. The Kier molecular flexibility index (Phi) is 11.2. The van der Waals surface area contributed by atoms with Gasteiger partial charge in [0.15, 0.2) is 5.96 Å². The number of guanidine groups is 1. The van der Waals surface area contributed by atoms with E-state index >= 15 is 0 Å². The van der Waals surface area contributed by atoms with Crippen molar-refractivity contribution in [1.29, 1.82) is 0 Å². The molecular weight excluding hydrogens is 406 g/mol. The predicted molar refractivity (Wildman–Crippen MR) is 107 cm³/mol. The number of nitrogens with zero attached hydrogens (tertiary/aromatic N) is 2. The van der Waals surface area contributed by atoms with Crippen molar-refractivity contribution in [3.8, 4) is 0 Å². The Morgan fingerprint density at radius 2 is 2.04 bits per heavy atom. The second-order valence-corrected chi connectivity index (χ2v) is 5.67. The molecule has 1 rings (SSSR count). The maximum atomic E-state index is 13.5. The summed E-state index contributed by atoms with van der Waals surface area (Å²) in [6.45, 7) is 8.51. The molecule has 0 saturated carbocycles. The van der Waals surface area contributed by atoms with E-state index in [0.29, 0.717) is 18.2 Å². The third-order valence-corrected chi connectivity index (χ3v) is 4.02. The fraction of sp³-hybridized carbons (Fsp3) is 0.588. The van der Waals surface area contributed by atoms with Gasteiger partial charge in [-0.05, 0) is 44.5 Å². The summed E-state index contributed by atoms with van der Waals surface area (Å²) in [5.41, 5.74) is 1.57. The van der Waals surface area contributed by atoms with E-state index in [1.807, 2.05) is 6.07 Å². The number of hydrogen-bond donors (Lipinski definition) is 2. The smallest absolute Gasteiger partial charge is 0.191 e. The molecule has 0 saturated heterocycles. The maximum absolute atomic E-state index is 13.5. The van der Waals surface area contributed by atoms with Gasteiger partial charge in [0.25, 0.3) is 0 Å². The van der Waals surface area contributed by atoms with Gasteiger partial charge in [0.2, 0.25) is 0 Å². The summed E-state index contributed by atoms with van der Waals surface area (Å²) in [5.74, 6) is 0.566. The van der Waals surface area contributed by atoms with Crippen LogP contribution in [0.4, 0.5) is 4.39 Å². The highest BCUT2D eigenvalue weighted by atomic mass is 127. The van der Waals surface area contributed by atoms with Crippen LogP contribution >= 0.6 is 24.0 Å². The molecule has 132 valence electrons. The van der Waals surface area contributed by atoms with Gasteiger partial charge in [0.05, 0.1) is 0 Å². The molecule has 0 aromatic heterocycles. The van der Waals surface area contributed by atoms with Crippen molar-refractivity contribution in [3.05, 3.63) is 35.1 Å². The largest absolute Gasteiger partial charge is 0.355 e. The molecule has 0 bridgehead atoms. The van der Waals surface area contributed by atoms with Crippen LogP contribution in [0.25, 0.3) is 0 Å². The Morgan fingerprint density at radius 1 is 1.35 bits per heavy atom. The van der Waals surface area contributed by atoms with E-state index in [-0.39, 0.29) is 29.8 Å². The molecule has 2 N–H and O–H groups in total. The second-order valence-electron chi connectivity index (χ2n) is 5.67. The summed E-state index contributed by atoms with van der Waals surface area (Å²) < 4.78 is 13.5. The predicted octanol–water partition coefficient (Wildman–Crippen LogP) is 3.15. The SMILES string of the molecule is CCC(C)N(C)CCNC(=NC)NCc1ccc(C)c(F)c1.I. The van der Waals surface area contributed by atoms with Gasteiger partial charge in [0, 0.05) is 32.7 Å². The van der Waals surface area contributed by atoms with Gasteiger partial charge in [-0.2, -0.15) is 0 Å². The zero-order valence-corrected chi connectivity index (χ0v) is 17.1. The van der Waals surface area contributed by atoms with E-state index in [0.717, 1.165) is 31.0 Å². The van der Waals surface area contributed by atoms with Gasteiger partial charge in [0.1, 0.15) is 5.82 Å². The maximum Gasteiger partial charge on any atom is 0.191 e. The second kappa shape index (κ2) is 11.6.